The molecule has 0 spiro atoms. The van der Waals surface area contributed by atoms with Crippen LogP contribution in [0.3, 0.4) is 0 Å². The number of nitrogens with zero attached hydrogens (tertiary/aromatic N) is 10. The van der Waals surface area contributed by atoms with Crippen LogP contribution in [0.15, 0.2) is 10.2 Å². The van der Waals surface area contributed by atoms with Crippen molar-refractivity contribution < 1.29 is 0 Å². The Kier molecular flexibility index (Phi) is 9.00. The van der Waals surface area contributed by atoms with Crippen molar-refractivity contribution in [1.29, 1.82) is 0 Å². The van der Waals surface area contributed by atoms with Gasteiger partial charge in [0.2, 0.25) is 11.9 Å². The van der Waals surface area contributed by atoms with E-state index >= 15 is 0 Å². The molecule has 0 saturated carbocycles. The van der Waals surface area contributed by atoms with Gasteiger partial charge in [-0.25, -0.2) is 0 Å². The minimum absolute atomic E-state index is 0.239. The van der Waals surface area contributed by atoms with Crippen molar-refractivity contribution in [3.05, 3.63) is 11.5 Å². The van der Waals surface area contributed by atoms with Gasteiger partial charge in [-0.05, 0) is 12.8 Å². The molecule has 0 atom stereocenters. The molecule has 208 valence electrons. The highest BCUT2D eigenvalue weighted by atomic mass is 15.5. The van der Waals surface area contributed by atoms with Gasteiger partial charge in [0.1, 0.15) is 5.82 Å². The van der Waals surface area contributed by atoms with Crippen LogP contribution in [0, 0.1) is 0 Å². The molecule has 13 nitrogen and oxygen atoms in total. The number of hydrogen-bond donors (Lipinski definition) is 3. The molecule has 4 N–H and O–H groups in total. The van der Waals surface area contributed by atoms with E-state index < -0.39 is 0 Å². The number of aromatic nitrogens is 8. The van der Waals surface area contributed by atoms with E-state index in [2.05, 4.69) is 75.5 Å². The van der Waals surface area contributed by atoms with Crippen molar-refractivity contribution in [3.63, 3.8) is 0 Å². The summed E-state index contributed by atoms with van der Waals surface area (Å²) in [5.74, 6) is 2.47. The van der Waals surface area contributed by atoms with E-state index in [-0.39, 0.29) is 16.8 Å². The van der Waals surface area contributed by atoms with Gasteiger partial charge in [0.25, 0.3) is 11.9 Å². The summed E-state index contributed by atoms with van der Waals surface area (Å²) in [6.45, 7) is 18.0. The normalized spacial score (nSPS) is 12.4. The average molecular weight is 526 g/mol. The molecule has 0 unspecified atom stereocenters. The lowest BCUT2D eigenvalue weighted by molar-refractivity contribution is 0.542. The topological polar surface area (TPSA) is 162 Å². The maximum absolute atomic E-state index is 6.30. The number of nitrogens with two attached hydrogens (primary N) is 1. The second kappa shape index (κ2) is 11.8. The lowest BCUT2D eigenvalue weighted by atomic mass is 9.91. The molecule has 13 heteroatoms. The molecule has 3 heterocycles. The zero-order valence-corrected chi connectivity index (χ0v) is 24.3. The Morgan fingerprint density at radius 1 is 0.789 bits per heavy atom. The first-order chi connectivity index (χ1) is 17.8. The van der Waals surface area contributed by atoms with Crippen LogP contribution in [0.5, 0.6) is 0 Å². The van der Waals surface area contributed by atoms with Crippen LogP contribution in [-0.4, -0.2) is 52.6 Å². The van der Waals surface area contributed by atoms with Crippen molar-refractivity contribution in [3.8, 4) is 5.95 Å². The zero-order valence-electron chi connectivity index (χ0n) is 24.3. The highest BCUT2D eigenvalue weighted by Gasteiger charge is 2.27. The summed E-state index contributed by atoms with van der Waals surface area (Å²) >= 11 is 0. The van der Waals surface area contributed by atoms with Gasteiger partial charge in [0, 0.05) is 31.0 Å². The Morgan fingerprint density at radius 3 is 1.87 bits per heavy atom. The van der Waals surface area contributed by atoms with E-state index in [0.29, 0.717) is 35.2 Å². The summed E-state index contributed by atoms with van der Waals surface area (Å²) in [6, 6.07) is 0. The summed E-state index contributed by atoms with van der Waals surface area (Å²) < 4.78 is 3.11. The van der Waals surface area contributed by atoms with Crippen molar-refractivity contribution in [1.82, 2.24) is 39.5 Å². The molecular weight excluding hydrogens is 482 g/mol. The molecule has 38 heavy (non-hydrogen) atoms. The minimum Gasteiger partial charge on any atom is -0.382 e. The largest absolute Gasteiger partial charge is 0.382 e. The fourth-order valence-corrected chi connectivity index (χ4v) is 3.42. The fraction of sp³-hybridized carbons (Fsp3) is 0.680. The molecule has 3 rings (SSSR count). The van der Waals surface area contributed by atoms with Crippen LogP contribution in [0.2, 0.25) is 0 Å². The first kappa shape index (κ1) is 28.9. The predicted molar refractivity (Wildman–Crippen MR) is 151 cm³/mol. The second-order valence-electron chi connectivity index (χ2n) is 11.4. The van der Waals surface area contributed by atoms with E-state index in [4.69, 9.17) is 15.8 Å². The standard InChI is InChI=1S/C25H43N13/c1-10-12-14-27-20-30-21(28-15-13-11-2)32-22(31-20)38-23(29-19(36-38)25(6,7)8)34-33-16-17(24(3,4)5)35-37(9)18(16)26/h10-15,26H2,1-9H3,(H2,27,28,30,31,32). The van der Waals surface area contributed by atoms with Gasteiger partial charge in [0.15, 0.2) is 11.5 Å². The lowest BCUT2D eigenvalue weighted by Crippen LogP contribution is -2.16. The molecule has 0 saturated heterocycles. The van der Waals surface area contributed by atoms with Crippen LogP contribution in [0.4, 0.5) is 29.4 Å². The fourth-order valence-electron chi connectivity index (χ4n) is 3.42. The van der Waals surface area contributed by atoms with Crippen molar-refractivity contribution in [2.45, 2.75) is 91.9 Å². The Hall–Kier alpha value is -3.64. The van der Waals surface area contributed by atoms with E-state index in [1.54, 1.807) is 11.7 Å². The Labute approximate surface area is 225 Å². The van der Waals surface area contributed by atoms with Gasteiger partial charge in [-0.2, -0.15) is 29.7 Å². The van der Waals surface area contributed by atoms with Gasteiger partial charge in [-0.15, -0.1) is 15.3 Å². The van der Waals surface area contributed by atoms with Crippen molar-refractivity contribution in [2.75, 3.05) is 29.5 Å². The Bertz CT molecular complexity index is 1210. The summed E-state index contributed by atoms with van der Waals surface area (Å²) in [5, 5.41) is 24.9. The highest BCUT2D eigenvalue weighted by Crippen LogP contribution is 2.36. The van der Waals surface area contributed by atoms with Gasteiger partial charge in [-0.3, -0.25) is 4.68 Å². The number of hydrogen-bond acceptors (Lipinski definition) is 11. The summed E-state index contributed by atoms with van der Waals surface area (Å²) in [6.07, 6.45) is 4.12. The third-order valence-electron chi connectivity index (χ3n) is 5.72. The predicted octanol–water partition coefficient (Wildman–Crippen LogP) is 5.20. The SMILES string of the molecule is CCCCNc1nc(NCCCC)nc(-n2nc(C(C)(C)C)nc2N=Nc2c(C(C)(C)C)nn(C)c2N)n1. The molecule has 3 aromatic heterocycles. The number of rotatable bonds is 11. The van der Waals surface area contributed by atoms with Gasteiger partial charge >= 0.3 is 0 Å². The number of aryl methyl sites for hydroxylation is 1. The minimum atomic E-state index is -0.336. The second-order valence-corrected chi connectivity index (χ2v) is 11.4. The van der Waals surface area contributed by atoms with E-state index in [9.17, 15) is 0 Å². The van der Waals surface area contributed by atoms with Crippen molar-refractivity contribution >= 4 is 29.4 Å². The number of azo groups is 1. The van der Waals surface area contributed by atoms with E-state index in [1.807, 2.05) is 20.8 Å². The van der Waals surface area contributed by atoms with Crippen LogP contribution in [-0.2, 0) is 17.9 Å². The molecule has 0 bridgehead atoms. The van der Waals surface area contributed by atoms with E-state index in [1.165, 1.54) is 4.68 Å². The van der Waals surface area contributed by atoms with Crippen molar-refractivity contribution in [2.24, 2.45) is 17.3 Å². The van der Waals surface area contributed by atoms with Crippen LogP contribution >= 0.6 is 0 Å². The molecule has 0 aromatic carbocycles. The Balaban J connectivity index is 2.12. The van der Waals surface area contributed by atoms with Crippen LogP contribution < -0.4 is 16.4 Å². The maximum atomic E-state index is 6.30. The maximum Gasteiger partial charge on any atom is 0.275 e. The van der Waals surface area contributed by atoms with Gasteiger partial charge in [0.05, 0.1) is 5.69 Å². The van der Waals surface area contributed by atoms with Crippen LogP contribution in [0.1, 0.15) is 92.6 Å². The quantitative estimate of drug-likeness (QED) is 0.225. The third kappa shape index (κ3) is 7.01. The molecule has 0 amide bonds. The third-order valence-corrected chi connectivity index (χ3v) is 5.72. The zero-order chi connectivity index (χ0) is 28.1. The molecule has 3 aromatic rings. The average Bonchev–Trinajstić information content (AvgIpc) is 3.39. The molecule has 0 fully saturated rings. The van der Waals surface area contributed by atoms with E-state index in [0.717, 1.165) is 44.5 Å². The number of nitrogens with one attached hydrogen (secondary N) is 2. The molecular formula is C25H43N13. The first-order valence-electron chi connectivity index (χ1n) is 13.3. The van der Waals surface area contributed by atoms with Crippen LogP contribution in [0.25, 0.3) is 5.95 Å². The number of anilines is 3. The number of unbranched alkanes of at least 4 members (excludes halogenated alkanes) is 2. The molecule has 0 aliphatic heterocycles. The smallest absolute Gasteiger partial charge is 0.275 e. The van der Waals surface area contributed by atoms with Gasteiger partial charge < -0.3 is 16.4 Å². The summed E-state index contributed by atoms with van der Waals surface area (Å²) in [7, 11) is 1.79. The molecule has 0 aliphatic carbocycles. The lowest BCUT2D eigenvalue weighted by Gasteiger charge is -2.15. The molecule has 0 aliphatic rings. The number of nitrogen functional groups attached to an aromatic ring is 1. The molecule has 0 radical (unpaired) electrons. The summed E-state index contributed by atoms with van der Waals surface area (Å²) in [5.41, 5.74) is 6.93. The first-order valence-corrected chi connectivity index (χ1v) is 13.3. The van der Waals surface area contributed by atoms with Gasteiger partial charge in [-0.1, -0.05) is 68.2 Å². The summed E-state index contributed by atoms with van der Waals surface area (Å²) in [4.78, 5) is 18.5. The Morgan fingerprint density at radius 2 is 1.37 bits per heavy atom. The monoisotopic (exact) mass is 525 g/mol. The highest BCUT2D eigenvalue weighted by molar-refractivity contribution is 5.63.